The van der Waals surface area contributed by atoms with Gasteiger partial charge in [-0.25, -0.2) is 0 Å². The molecular formula is C17H17F2NO2S. The van der Waals surface area contributed by atoms with Gasteiger partial charge in [-0.1, -0.05) is 36.0 Å². The molecule has 6 heteroatoms. The van der Waals surface area contributed by atoms with E-state index in [4.69, 9.17) is 5.11 Å². The van der Waals surface area contributed by atoms with E-state index in [9.17, 15) is 13.6 Å². The zero-order chi connectivity index (χ0) is 16.7. The van der Waals surface area contributed by atoms with Crippen LogP contribution < -0.4 is 5.32 Å². The van der Waals surface area contributed by atoms with E-state index in [0.717, 1.165) is 11.1 Å². The Balaban J connectivity index is 1.81. The normalized spacial score (nSPS) is 10.8. The molecule has 0 aliphatic heterocycles. The predicted molar refractivity (Wildman–Crippen MR) is 86.7 cm³/mol. The SMILES string of the molecule is O=C(NCCc1ccc(CO)cc1)c1ccc(SC(F)F)cc1. The topological polar surface area (TPSA) is 49.3 Å². The molecular weight excluding hydrogens is 320 g/mol. The van der Waals surface area contributed by atoms with E-state index < -0.39 is 5.76 Å². The van der Waals surface area contributed by atoms with Crippen LogP contribution in [0.3, 0.4) is 0 Å². The second-order valence-electron chi connectivity index (χ2n) is 4.88. The van der Waals surface area contributed by atoms with Crippen LogP contribution in [-0.2, 0) is 13.0 Å². The molecule has 0 heterocycles. The lowest BCUT2D eigenvalue weighted by molar-refractivity contribution is 0.0954. The summed E-state index contributed by atoms with van der Waals surface area (Å²) in [6.45, 7) is 0.488. The first-order valence-corrected chi connectivity index (χ1v) is 7.98. The molecule has 122 valence electrons. The molecule has 0 spiro atoms. The summed E-state index contributed by atoms with van der Waals surface area (Å²) in [5.74, 6) is -2.70. The van der Waals surface area contributed by atoms with Crippen LogP contribution in [-0.4, -0.2) is 23.3 Å². The van der Waals surface area contributed by atoms with Crippen molar-refractivity contribution >= 4 is 17.7 Å². The van der Waals surface area contributed by atoms with Crippen molar-refractivity contribution in [2.45, 2.75) is 23.7 Å². The maximum Gasteiger partial charge on any atom is 0.288 e. The summed E-state index contributed by atoms with van der Waals surface area (Å²) in [5.41, 5.74) is 2.35. The Morgan fingerprint density at radius 3 is 2.22 bits per heavy atom. The highest BCUT2D eigenvalue weighted by Gasteiger charge is 2.08. The van der Waals surface area contributed by atoms with Crippen LogP contribution in [0.1, 0.15) is 21.5 Å². The Bertz CT molecular complexity index is 630. The summed E-state index contributed by atoms with van der Waals surface area (Å²) in [4.78, 5) is 12.4. The first-order valence-electron chi connectivity index (χ1n) is 7.10. The van der Waals surface area contributed by atoms with Crippen LogP contribution in [0.5, 0.6) is 0 Å². The molecule has 0 aromatic heterocycles. The minimum atomic E-state index is -2.47. The molecule has 0 saturated heterocycles. The third kappa shape index (κ3) is 5.65. The fourth-order valence-corrected chi connectivity index (χ4v) is 2.52. The average Bonchev–Trinajstić information content (AvgIpc) is 2.55. The van der Waals surface area contributed by atoms with Gasteiger partial charge < -0.3 is 10.4 Å². The maximum atomic E-state index is 12.2. The predicted octanol–water partition coefficient (Wildman–Crippen LogP) is 3.47. The van der Waals surface area contributed by atoms with Crippen molar-refractivity contribution in [1.82, 2.24) is 5.32 Å². The van der Waals surface area contributed by atoms with Crippen LogP contribution >= 0.6 is 11.8 Å². The minimum absolute atomic E-state index is 0.0108. The van der Waals surface area contributed by atoms with Gasteiger partial charge in [-0.3, -0.25) is 4.79 Å². The lowest BCUT2D eigenvalue weighted by Gasteiger charge is -2.07. The van der Waals surface area contributed by atoms with Gasteiger partial charge in [0.15, 0.2) is 0 Å². The van der Waals surface area contributed by atoms with Crippen molar-refractivity contribution in [2.75, 3.05) is 6.54 Å². The third-order valence-electron chi connectivity index (χ3n) is 3.25. The van der Waals surface area contributed by atoms with E-state index in [2.05, 4.69) is 5.32 Å². The van der Waals surface area contributed by atoms with Crippen molar-refractivity contribution in [2.24, 2.45) is 0 Å². The largest absolute Gasteiger partial charge is 0.392 e. The lowest BCUT2D eigenvalue weighted by Crippen LogP contribution is -2.25. The maximum absolute atomic E-state index is 12.2. The van der Waals surface area contributed by atoms with Crippen LogP contribution in [0.15, 0.2) is 53.4 Å². The summed E-state index contributed by atoms with van der Waals surface area (Å²) in [6.07, 6.45) is 0.677. The summed E-state index contributed by atoms with van der Waals surface area (Å²) >= 11 is 0.454. The Morgan fingerprint density at radius 2 is 1.65 bits per heavy atom. The number of nitrogens with one attached hydrogen (secondary N) is 1. The average molecular weight is 337 g/mol. The Hall–Kier alpha value is -1.92. The van der Waals surface area contributed by atoms with Gasteiger partial charge >= 0.3 is 0 Å². The molecule has 0 aliphatic rings. The molecule has 0 radical (unpaired) electrons. The Morgan fingerprint density at radius 1 is 1.04 bits per heavy atom. The van der Waals surface area contributed by atoms with Crippen molar-refractivity contribution < 1.29 is 18.7 Å². The second kappa shape index (κ2) is 8.64. The number of carbonyl (C=O) groups is 1. The van der Waals surface area contributed by atoms with Crippen LogP contribution in [0.4, 0.5) is 8.78 Å². The summed E-state index contributed by atoms with van der Waals surface area (Å²) < 4.78 is 24.4. The number of halogens is 2. The van der Waals surface area contributed by atoms with Crippen molar-refractivity contribution in [3.63, 3.8) is 0 Å². The number of carbonyl (C=O) groups excluding carboxylic acids is 1. The van der Waals surface area contributed by atoms with E-state index >= 15 is 0 Å². The number of benzene rings is 2. The van der Waals surface area contributed by atoms with E-state index in [-0.39, 0.29) is 12.5 Å². The molecule has 1 amide bonds. The molecule has 2 aromatic rings. The molecule has 2 N–H and O–H groups in total. The number of hydrogen-bond acceptors (Lipinski definition) is 3. The number of aliphatic hydroxyl groups excluding tert-OH is 1. The van der Waals surface area contributed by atoms with Gasteiger partial charge in [0.2, 0.25) is 0 Å². The minimum Gasteiger partial charge on any atom is -0.392 e. The molecule has 0 bridgehead atoms. The molecule has 0 atom stereocenters. The first-order chi connectivity index (χ1) is 11.1. The van der Waals surface area contributed by atoms with Crippen LogP contribution in [0.2, 0.25) is 0 Å². The van der Waals surface area contributed by atoms with Crippen molar-refractivity contribution in [1.29, 1.82) is 0 Å². The van der Waals surface area contributed by atoms with E-state index in [1.54, 1.807) is 0 Å². The zero-order valence-electron chi connectivity index (χ0n) is 12.3. The highest BCUT2D eigenvalue weighted by molar-refractivity contribution is 7.99. The molecule has 0 saturated carbocycles. The summed E-state index contributed by atoms with van der Waals surface area (Å²) in [5, 5.41) is 11.8. The zero-order valence-corrected chi connectivity index (χ0v) is 13.2. The number of aliphatic hydroxyl groups is 1. The molecule has 3 nitrogen and oxygen atoms in total. The quantitative estimate of drug-likeness (QED) is 0.761. The van der Waals surface area contributed by atoms with Gasteiger partial charge in [-0.05, 0) is 41.8 Å². The van der Waals surface area contributed by atoms with Gasteiger partial charge in [-0.15, -0.1) is 0 Å². The Labute approximate surface area is 137 Å². The molecule has 23 heavy (non-hydrogen) atoms. The highest BCUT2D eigenvalue weighted by Crippen LogP contribution is 2.25. The molecule has 2 aromatic carbocycles. The van der Waals surface area contributed by atoms with Gasteiger partial charge in [0.1, 0.15) is 0 Å². The van der Waals surface area contributed by atoms with E-state index in [0.29, 0.717) is 35.2 Å². The number of rotatable bonds is 7. The highest BCUT2D eigenvalue weighted by atomic mass is 32.2. The summed E-state index contributed by atoms with van der Waals surface area (Å²) in [7, 11) is 0. The summed E-state index contributed by atoms with van der Waals surface area (Å²) in [6, 6.07) is 13.6. The van der Waals surface area contributed by atoms with Gasteiger partial charge in [0.25, 0.3) is 11.7 Å². The van der Waals surface area contributed by atoms with Crippen molar-refractivity contribution in [3.8, 4) is 0 Å². The Kier molecular flexibility index (Phi) is 6.55. The van der Waals surface area contributed by atoms with Crippen LogP contribution in [0.25, 0.3) is 0 Å². The van der Waals surface area contributed by atoms with Crippen molar-refractivity contribution in [3.05, 3.63) is 65.2 Å². The standard InChI is InChI=1S/C17H17F2NO2S/c18-17(19)23-15-7-5-14(6-8-15)16(22)20-10-9-12-1-3-13(11-21)4-2-12/h1-8,17,21H,9-11H2,(H,20,22). The second-order valence-corrected chi connectivity index (χ2v) is 5.95. The third-order valence-corrected chi connectivity index (χ3v) is 3.97. The number of amides is 1. The molecule has 0 aliphatic carbocycles. The number of thioether (sulfide) groups is 1. The first kappa shape index (κ1) is 17.4. The molecule has 0 fully saturated rings. The number of alkyl halides is 2. The smallest absolute Gasteiger partial charge is 0.288 e. The van der Waals surface area contributed by atoms with Gasteiger partial charge in [0.05, 0.1) is 6.61 Å². The fraction of sp³-hybridized carbons (Fsp3) is 0.235. The van der Waals surface area contributed by atoms with Crippen LogP contribution in [0, 0.1) is 0 Å². The lowest BCUT2D eigenvalue weighted by atomic mass is 10.1. The number of hydrogen-bond donors (Lipinski definition) is 2. The van der Waals surface area contributed by atoms with Gasteiger partial charge in [-0.2, -0.15) is 8.78 Å². The van der Waals surface area contributed by atoms with E-state index in [1.807, 2.05) is 24.3 Å². The molecule has 2 rings (SSSR count). The molecule has 0 unspecified atom stereocenters. The van der Waals surface area contributed by atoms with Gasteiger partial charge in [0, 0.05) is 17.0 Å². The monoisotopic (exact) mass is 337 g/mol. The van der Waals surface area contributed by atoms with E-state index in [1.165, 1.54) is 24.3 Å². The fourth-order valence-electron chi connectivity index (χ4n) is 2.02.